The van der Waals surface area contributed by atoms with Crippen LogP contribution in [0.25, 0.3) is 34.2 Å². The Labute approximate surface area is 229 Å². The van der Waals surface area contributed by atoms with Crippen LogP contribution in [-0.2, 0) is 17.4 Å². The summed E-state index contributed by atoms with van der Waals surface area (Å²) in [6.45, 7) is 7.15. The van der Waals surface area contributed by atoms with Crippen molar-refractivity contribution < 1.29 is 17.4 Å². The fourth-order valence-corrected chi connectivity index (χ4v) is 28.6. The van der Waals surface area contributed by atoms with E-state index >= 15 is 0 Å². The fourth-order valence-electron chi connectivity index (χ4n) is 7.27. The monoisotopic (exact) mass is 607 g/mol. The predicted octanol–water partition coefficient (Wildman–Crippen LogP) is 8.70. The quantitative estimate of drug-likeness (QED) is 0.212. The molecule has 6 rings (SSSR count). The van der Waals surface area contributed by atoms with Gasteiger partial charge < -0.3 is 0 Å². The molecule has 0 N–H and O–H groups in total. The third kappa shape index (κ3) is 4.04. The van der Waals surface area contributed by atoms with Crippen molar-refractivity contribution in [2.45, 2.75) is 30.4 Å². The van der Waals surface area contributed by atoms with Gasteiger partial charge in [0.2, 0.25) is 0 Å². The summed E-state index contributed by atoms with van der Waals surface area (Å²) in [5.74, 6) is 0. The SMILES string of the molecule is CC1=Cc2ccccc2[CH]1[Zr]([CH3])([CH3])(=[SiH2])[CH]1C(C)=Cc2c(-c3cccc4cccnc34)cccc21.Cl.Cl. The van der Waals surface area contributed by atoms with Gasteiger partial charge in [-0.2, -0.15) is 0 Å². The third-order valence-electron chi connectivity index (χ3n) is 8.24. The van der Waals surface area contributed by atoms with E-state index in [0.29, 0.717) is 7.25 Å². The normalized spacial score (nSPS) is 18.5. The molecule has 0 radical (unpaired) electrons. The Morgan fingerprint density at radius 3 is 2.11 bits per heavy atom. The maximum atomic E-state index is 4.77. The van der Waals surface area contributed by atoms with Crippen LogP contribution in [0.4, 0.5) is 0 Å². The second-order valence-electron chi connectivity index (χ2n) is 11.4. The zero-order valence-corrected chi connectivity index (χ0v) is 26.8. The number of nitrogens with zero attached hydrogens (tertiary/aromatic N) is 1. The van der Waals surface area contributed by atoms with Crippen LogP contribution in [-0.4, -0.2) is 11.9 Å². The van der Waals surface area contributed by atoms with Crippen LogP contribution >= 0.6 is 24.8 Å². The van der Waals surface area contributed by atoms with Gasteiger partial charge >= 0.3 is 206 Å². The second kappa shape index (κ2) is 9.52. The van der Waals surface area contributed by atoms with Crippen LogP contribution in [0.1, 0.15) is 43.4 Å². The number of aromatic nitrogens is 1. The number of para-hydroxylation sites is 1. The van der Waals surface area contributed by atoms with Crippen molar-refractivity contribution >= 4 is 54.7 Å². The summed E-state index contributed by atoms with van der Waals surface area (Å²) < 4.78 is 6.52. The molecule has 0 aliphatic heterocycles. The summed E-state index contributed by atoms with van der Waals surface area (Å²) in [5.41, 5.74) is 12.7. The van der Waals surface area contributed by atoms with Crippen LogP contribution in [0, 0.1) is 0 Å². The third-order valence-corrected chi connectivity index (χ3v) is 26.2. The van der Waals surface area contributed by atoms with E-state index in [0.717, 1.165) is 5.52 Å². The molecule has 2 atom stereocenters. The molecule has 36 heavy (non-hydrogen) atoms. The molecule has 1 heterocycles. The summed E-state index contributed by atoms with van der Waals surface area (Å²) in [6, 6.07) is 26.8. The van der Waals surface area contributed by atoms with Crippen molar-refractivity contribution in [3.05, 3.63) is 112 Å². The van der Waals surface area contributed by atoms with Crippen molar-refractivity contribution in [3.8, 4) is 11.1 Å². The Balaban J connectivity index is 0.00000152. The minimum Gasteiger partial charge on any atom is -0.147 e. The van der Waals surface area contributed by atoms with Crippen molar-refractivity contribution in [1.82, 2.24) is 4.98 Å². The Bertz CT molecular complexity index is 1620. The van der Waals surface area contributed by atoms with Crippen molar-refractivity contribution in [1.29, 1.82) is 0 Å². The predicted molar refractivity (Wildman–Crippen MR) is 161 cm³/mol. The van der Waals surface area contributed by atoms with Crippen LogP contribution < -0.4 is 0 Å². The van der Waals surface area contributed by atoms with Crippen molar-refractivity contribution in [3.63, 3.8) is 0 Å². The zero-order valence-electron chi connectivity index (χ0n) is 21.3. The van der Waals surface area contributed by atoms with Crippen LogP contribution in [0.15, 0.2) is 90.1 Å². The van der Waals surface area contributed by atoms with E-state index in [1.54, 1.807) is 16.7 Å². The molecule has 1 aromatic heterocycles. The van der Waals surface area contributed by atoms with Crippen molar-refractivity contribution in [2.24, 2.45) is 0 Å². The number of fused-ring (bicyclic) bond motifs is 3. The van der Waals surface area contributed by atoms with E-state index in [1.165, 1.54) is 33.2 Å². The Morgan fingerprint density at radius 1 is 0.694 bits per heavy atom. The first-order valence-electron chi connectivity index (χ1n) is 12.2. The molecule has 0 bridgehead atoms. The number of hydrogen-bond donors (Lipinski definition) is 0. The van der Waals surface area contributed by atoms with Gasteiger partial charge in [0.05, 0.1) is 0 Å². The van der Waals surface area contributed by atoms with Crippen molar-refractivity contribution in [2.75, 3.05) is 0 Å². The molecule has 3 aromatic carbocycles. The number of hydrogen-bond acceptors (Lipinski definition) is 1. The van der Waals surface area contributed by atoms with Gasteiger partial charge in [-0.1, -0.05) is 0 Å². The summed E-state index contributed by atoms with van der Waals surface area (Å²) in [6.07, 6.45) is 6.85. The Kier molecular flexibility index (Phi) is 7.21. The average Bonchev–Trinajstić information content (AvgIpc) is 3.35. The summed E-state index contributed by atoms with van der Waals surface area (Å²) in [7, 11) is 0. The fraction of sp³-hybridized carbons (Fsp3) is 0.194. The van der Waals surface area contributed by atoms with Crippen LogP contribution in [0.3, 0.4) is 0 Å². The first kappa shape index (κ1) is 27.3. The Hall–Kier alpha value is -1.77. The molecule has 4 aromatic rings. The van der Waals surface area contributed by atoms with Gasteiger partial charge in [0, 0.05) is 0 Å². The standard InChI is InChI=1S/C19H14N.C10H9.2CH3.2ClH.H2Si.Zr/c1-13-11-15-6-3-8-16(18(15)12-13)17-9-2-5-14-7-4-10-20-19(14)17;1-8-6-9-4-2-3-5-10(9)7-8;;;;;;/h2-12H,1H3;2-7H,1H3;2*1H3;2*1H;1H2;. The van der Waals surface area contributed by atoms with Gasteiger partial charge in [-0.15, -0.1) is 24.8 Å². The van der Waals surface area contributed by atoms with E-state index in [4.69, 9.17) is 4.98 Å². The van der Waals surface area contributed by atoms with E-state index in [2.05, 4.69) is 109 Å². The van der Waals surface area contributed by atoms with Gasteiger partial charge in [-0.05, 0) is 0 Å². The Morgan fingerprint density at radius 2 is 1.31 bits per heavy atom. The van der Waals surface area contributed by atoms with E-state index in [-0.39, 0.29) is 24.8 Å². The topological polar surface area (TPSA) is 12.9 Å². The molecule has 1 nitrogen and oxygen atoms in total. The van der Waals surface area contributed by atoms with E-state index in [1.807, 2.05) is 12.3 Å². The molecule has 0 fully saturated rings. The minimum absolute atomic E-state index is 0. The molecule has 2 aliphatic rings. The zero-order chi connectivity index (χ0) is 23.7. The number of allylic oxidation sites excluding steroid dienone is 2. The smallest absolute Gasteiger partial charge is 0.147 e. The summed E-state index contributed by atoms with van der Waals surface area (Å²) in [4.78, 5) is 4.77. The largest absolute Gasteiger partial charge is 0.147 e. The molecule has 2 aliphatic carbocycles. The van der Waals surface area contributed by atoms with Crippen LogP contribution in [0.2, 0.25) is 9.26 Å². The summed E-state index contributed by atoms with van der Waals surface area (Å²) in [5, 5.41) is 1.20. The van der Waals surface area contributed by atoms with E-state index < -0.39 is 17.4 Å². The number of pyridine rings is 1. The van der Waals surface area contributed by atoms with Crippen LogP contribution in [0.5, 0.6) is 0 Å². The molecule has 2 unspecified atom stereocenters. The summed E-state index contributed by atoms with van der Waals surface area (Å²) >= 11 is -3.40. The molecular weight excluding hydrogens is 577 g/mol. The van der Waals surface area contributed by atoms with Gasteiger partial charge in [0.1, 0.15) is 0 Å². The molecule has 0 amide bonds. The number of halogens is 2. The molecular formula is C31H33Cl2NSiZr. The number of benzene rings is 3. The van der Waals surface area contributed by atoms with Gasteiger partial charge in [0.25, 0.3) is 0 Å². The molecule has 184 valence electrons. The van der Waals surface area contributed by atoms with Gasteiger partial charge in [0.15, 0.2) is 0 Å². The maximum Gasteiger partial charge on any atom is -0.147 e. The minimum atomic E-state index is -3.40. The first-order valence-corrected chi connectivity index (χ1v) is 25.9. The molecule has 5 heteroatoms. The first-order chi connectivity index (χ1) is 16.2. The second-order valence-corrected chi connectivity index (χ2v) is 41.9. The van der Waals surface area contributed by atoms with Gasteiger partial charge in [-0.3, -0.25) is 0 Å². The molecule has 0 saturated heterocycles. The maximum absolute atomic E-state index is 4.77. The van der Waals surface area contributed by atoms with E-state index in [9.17, 15) is 0 Å². The van der Waals surface area contributed by atoms with Gasteiger partial charge in [-0.25, -0.2) is 0 Å². The molecule has 0 spiro atoms. The molecule has 0 saturated carbocycles. The number of rotatable bonds is 3. The average molecular weight is 610 g/mol.